The quantitative estimate of drug-likeness (QED) is 0.385. The van der Waals surface area contributed by atoms with Crippen LogP contribution >= 0.6 is 22.9 Å². The molecule has 2 atom stereocenters. The van der Waals surface area contributed by atoms with Crippen LogP contribution in [0.4, 0.5) is 0 Å². The van der Waals surface area contributed by atoms with Crippen LogP contribution in [0.1, 0.15) is 29.8 Å². The van der Waals surface area contributed by atoms with Gasteiger partial charge in [-0.3, -0.25) is 9.35 Å². The van der Waals surface area contributed by atoms with Gasteiger partial charge in [-0.1, -0.05) is 17.7 Å². The first-order valence-corrected chi connectivity index (χ1v) is 10.7. The van der Waals surface area contributed by atoms with Crippen molar-refractivity contribution >= 4 is 39.0 Å². The van der Waals surface area contributed by atoms with Crippen LogP contribution in [-0.2, 0) is 14.9 Å². The Morgan fingerprint density at radius 2 is 2.07 bits per heavy atom. The summed E-state index contributed by atoms with van der Waals surface area (Å²) in [4.78, 5) is 11.5. The molecule has 29 heavy (non-hydrogen) atoms. The van der Waals surface area contributed by atoms with E-state index in [1.165, 1.54) is 17.4 Å². The van der Waals surface area contributed by atoms with E-state index in [2.05, 4.69) is 10.2 Å². The number of carbonyl (C=O) groups is 1. The monoisotopic (exact) mass is 458 g/mol. The summed E-state index contributed by atoms with van der Waals surface area (Å²) in [5.41, 5.74) is 11.4. The number of nitrogens with zero attached hydrogens (tertiary/aromatic N) is 2. The standard InChI is InChI=1S/C16H15ClN4O6S2/c17-7-4-9(14(23)11(5-7)29(24,25)26)8(6-12(18)22)13(19)16-21-20-15(27-16)10-2-1-3-28-10/h1-5,8,13,23H,6,19H2,(H2,18,22)(H,24,25,26)/t8?,13-/m0/s1. The van der Waals surface area contributed by atoms with E-state index in [0.717, 1.165) is 6.07 Å². The molecule has 0 spiro atoms. The smallest absolute Gasteiger partial charge is 0.298 e. The molecule has 6 N–H and O–H groups in total. The summed E-state index contributed by atoms with van der Waals surface area (Å²) in [7, 11) is -4.80. The lowest BCUT2D eigenvalue weighted by Crippen LogP contribution is -2.26. The number of aromatic hydroxyl groups is 1. The number of aromatic nitrogens is 2. The fourth-order valence-electron chi connectivity index (χ4n) is 2.76. The molecule has 0 aliphatic rings. The summed E-state index contributed by atoms with van der Waals surface area (Å²) >= 11 is 7.30. The second kappa shape index (κ2) is 8.08. The predicted octanol–water partition coefficient (Wildman–Crippen LogP) is 2.06. The second-order valence-corrected chi connectivity index (χ2v) is 8.82. The summed E-state index contributed by atoms with van der Waals surface area (Å²) in [5, 5.41) is 19.9. The Balaban J connectivity index is 2.07. The van der Waals surface area contributed by atoms with Gasteiger partial charge in [0, 0.05) is 22.9 Å². The zero-order valence-corrected chi connectivity index (χ0v) is 16.9. The summed E-state index contributed by atoms with van der Waals surface area (Å²) in [5.74, 6) is -2.51. The Morgan fingerprint density at radius 1 is 1.34 bits per heavy atom. The number of benzene rings is 1. The van der Waals surface area contributed by atoms with Crippen molar-refractivity contribution in [3.05, 3.63) is 46.1 Å². The molecule has 3 aromatic rings. The third-order valence-electron chi connectivity index (χ3n) is 4.06. The topological polar surface area (TPSA) is 183 Å². The number of primary amides is 1. The molecule has 0 radical (unpaired) electrons. The van der Waals surface area contributed by atoms with Crippen LogP contribution in [0.2, 0.25) is 5.02 Å². The van der Waals surface area contributed by atoms with Crippen LogP contribution in [0, 0.1) is 0 Å². The van der Waals surface area contributed by atoms with Gasteiger partial charge in [0.25, 0.3) is 16.0 Å². The van der Waals surface area contributed by atoms with Crippen molar-refractivity contribution in [2.45, 2.75) is 23.3 Å². The number of rotatable bonds is 7. The number of thiophene rings is 1. The molecule has 3 rings (SSSR count). The summed E-state index contributed by atoms with van der Waals surface area (Å²) in [6, 6.07) is 4.50. The molecule has 2 aromatic heterocycles. The van der Waals surface area contributed by atoms with Crippen molar-refractivity contribution in [1.82, 2.24) is 10.2 Å². The molecular formula is C16H15ClN4O6S2. The maximum atomic E-state index is 11.6. The van der Waals surface area contributed by atoms with Crippen LogP contribution in [0.5, 0.6) is 5.75 Å². The first-order valence-electron chi connectivity index (χ1n) is 7.99. The van der Waals surface area contributed by atoms with Gasteiger partial charge in [-0.05, 0) is 23.6 Å². The largest absolute Gasteiger partial charge is 0.506 e. The molecule has 1 amide bonds. The Bertz CT molecular complexity index is 1150. The van der Waals surface area contributed by atoms with Crippen molar-refractivity contribution in [2.75, 3.05) is 0 Å². The molecule has 0 aliphatic carbocycles. The van der Waals surface area contributed by atoms with Crippen molar-refractivity contribution in [1.29, 1.82) is 0 Å². The third-order valence-corrected chi connectivity index (χ3v) is 6.00. The molecular weight excluding hydrogens is 444 g/mol. The zero-order valence-electron chi connectivity index (χ0n) is 14.5. The lowest BCUT2D eigenvalue weighted by Gasteiger charge is -2.22. The van der Waals surface area contributed by atoms with E-state index in [4.69, 9.17) is 27.5 Å². The lowest BCUT2D eigenvalue weighted by molar-refractivity contribution is -0.118. The molecule has 13 heteroatoms. The van der Waals surface area contributed by atoms with Gasteiger partial charge in [-0.2, -0.15) is 8.42 Å². The Kier molecular flexibility index (Phi) is 5.91. The Labute approximate surface area is 173 Å². The van der Waals surface area contributed by atoms with E-state index in [-0.39, 0.29) is 22.4 Å². The maximum Gasteiger partial charge on any atom is 0.298 e. The highest BCUT2D eigenvalue weighted by molar-refractivity contribution is 7.86. The van der Waals surface area contributed by atoms with Crippen LogP contribution in [-0.4, -0.2) is 34.2 Å². The van der Waals surface area contributed by atoms with Crippen molar-refractivity contribution in [3.8, 4) is 16.5 Å². The van der Waals surface area contributed by atoms with E-state index in [1.54, 1.807) is 12.1 Å². The minimum atomic E-state index is -4.80. The van der Waals surface area contributed by atoms with E-state index < -0.39 is 45.1 Å². The highest BCUT2D eigenvalue weighted by Gasteiger charge is 2.32. The molecule has 0 bridgehead atoms. The van der Waals surface area contributed by atoms with Crippen LogP contribution in [0.15, 0.2) is 39.0 Å². The van der Waals surface area contributed by atoms with E-state index in [1.807, 2.05) is 5.38 Å². The van der Waals surface area contributed by atoms with E-state index in [0.29, 0.717) is 4.88 Å². The summed E-state index contributed by atoms with van der Waals surface area (Å²) in [6.07, 6.45) is -0.392. The first-order chi connectivity index (χ1) is 13.6. The molecule has 0 fully saturated rings. The third kappa shape index (κ3) is 4.57. The van der Waals surface area contributed by atoms with Crippen molar-refractivity contribution in [2.24, 2.45) is 11.5 Å². The minimum Gasteiger partial charge on any atom is -0.506 e. The first kappa shape index (κ1) is 21.2. The van der Waals surface area contributed by atoms with Crippen LogP contribution < -0.4 is 11.5 Å². The second-order valence-electron chi connectivity index (χ2n) is 6.04. The number of phenolic OH excluding ortho intramolecular Hbond substituents is 1. The number of amides is 1. The van der Waals surface area contributed by atoms with Gasteiger partial charge >= 0.3 is 0 Å². The van der Waals surface area contributed by atoms with Crippen LogP contribution in [0.25, 0.3) is 10.8 Å². The maximum absolute atomic E-state index is 11.6. The van der Waals surface area contributed by atoms with E-state index in [9.17, 15) is 22.9 Å². The summed E-state index contributed by atoms with van der Waals surface area (Å²) < 4.78 is 38.0. The fraction of sp³-hybridized carbons (Fsp3) is 0.188. The fourth-order valence-corrected chi connectivity index (χ4v) is 4.34. The SMILES string of the molecule is NC(=O)CC(c1cc(Cl)cc(S(=O)(=O)O)c1O)[C@H](N)c1nnc(-c2cccs2)o1. The molecule has 154 valence electrons. The van der Waals surface area contributed by atoms with Gasteiger partial charge in [-0.25, -0.2) is 0 Å². The van der Waals surface area contributed by atoms with Gasteiger partial charge < -0.3 is 21.0 Å². The van der Waals surface area contributed by atoms with Gasteiger partial charge in [0.05, 0.1) is 10.9 Å². The number of hydrogen-bond donors (Lipinski definition) is 4. The molecule has 0 saturated carbocycles. The molecule has 0 aliphatic heterocycles. The molecule has 1 unspecified atom stereocenters. The average molecular weight is 459 g/mol. The van der Waals surface area contributed by atoms with Gasteiger partial charge in [0.1, 0.15) is 10.6 Å². The summed E-state index contributed by atoms with van der Waals surface area (Å²) in [6.45, 7) is 0. The van der Waals surface area contributed by atoms with Crippen molar-refractivity contribution < 1.29 is 27.3 Å². The highest BCUT2D eigenvalue weighted by atomic mass is 35.5. The molecule has 1 aromatic carbocycles. The Hall–Kier alpha value is -2.51. The highest BCUT2D eigenvalue weighted by Crippen LogP contribution is 2.41. The molecule has 2 heterocycles. The lowest BCUT2D eigenvalue weighted by atomic mass is 9.88. The Morgan fingerprint density at radius 3 is 2.66 bits per heavy atom. The van der Waals surface area contributed by atoms with Crippen LogP contribution in [0.3, 0.4) is 0 Å². The number of halogens is 1. The van der Waals surface area contributed by atoms with Gasteiger partial charge in [0.15, 0.2) is 0 Å². The van der Waals surface area contributed by atoms with Gasteiger partial charge in [0.2, 0.25) is 11.8 Å². The molecule has 0 saturated heterocycles. The number of phenols is 1. The number of hydrogen-bond acceptors (Lipinski definition) is 9. The number of carbonyl (C=O) groups excluding carboxylic acids is 1. The minimum absolute atomic E-state index is 0.0626. The predicted molar refractivity (Wildman–Crippen MR) is 104 cm³/mol. The van der Waals surface area contributed by atoms with Gasteiger partial charge in [-0.15, -0.1) is 21.5 Å². The number of nitrogens with two attached hydrogens (primary N) is 2. The zero-order chi connectivity index (χ0) is 21.3. The van der Waals surface area contributed by atoms with E-state index >= 15 is 0 Å². The molecule has 10 nitrogen and oxygen atoms in total. The van der Waals surface area contributed by atoms with Crippen molar-refractivity contribution in [3.63, 3.8) is 0 Å². The average Bonchev–Trinajstić information content (AvgIpc) is 3.31. The normalized spacial score (nSPS) is 13.9.